The van der Waals surface area contributed by atoms with Crippen LogP contribution in [0.25, 0.3) is 0 Å². The molecule has 0 unspecified atom stereocenters. The van der Waals surface area contributed by atoms with E-state index < -0.39 is 5.97 Å². The van der Waals surface area contributed by atoms with Crippen molar-refractivity contribution in [1.82, 2.24) is 0 Å². The molecule has 0 radical (unpaired) electrons. The van der Waals surface area contributed by atoms with Gasteiger partial charge in [-0.2, -0.15) is 0 Å². The lowest BCUT2D eigenvalue weighted by Crippen LogP contribution is -2.15. The van der Waals surface area contributed by atoms with Crippen LogP contribution in [0.4, 0.5) is 0 Å². The summed E-state index contributed by atoms with van der Waals surface area (Å²) in [4.78, 5) is 24.4. The van der Waals surface area contributed by atoms with Gasteiger partial charge in [-0.15, -0.1) is 0 Å². The second-order valence-electron chi connectivity index (χ2n) is 5.84. The highest BCUT2D eigenvalue weighted by atomic mass is 16.5. The van der Waals surface area contributed by atoms with Crippen molar-refractivity contribution in [3.05, 3.63) is 47.5 Å². The first kappa shape index (κ1) is 21.1. The molecule has 0 aliphatic carbocycles. The van der Waals surface area contributed by atoms with E-state index in [1.54, 1.807) is 44.6 Å². The highest BCUT2D eigenvalue weighted by molar-refractivity contribution is 6.00. The molecule has 7 nitrogen and oxygen atoms in total. The van der Waals surface area contributed by atoms with Crippen LogP contribution in [0.1, 0.15) is 22.3 Å². The molecule has 0 aliphatic heterocycles. The molecular weight excluding hydrogens is 364 g/mol. The zero-order valence-electron chi connectivity index (χ0n) is 16.4. The SMILES string of the molecule is COc1ccc(OC)c(C(=O)COC(=O)CCc2ccc(OC)c(OC)c2)c1. The minimum absolute atomic E-state index is 0.137. The molecule has 0 fully saturated rings. The van der Waals surface area contributed by atoms with Crippen LogP contribution in [0.15, 0.2) is 36.4 Å². The van der Waals surface area contributed by atoms with Gasteiger partial charge in [0.1, 0.15) is 11.5 Å². The fraction of sp³-hybridized carbons (Fsp3) is 0.333. The summed E-state index contributed by atoms with van der Waals surface area (Å²) >= 11 is 0. The maximum absolute atomic E-state index is 12.4. The van der Waals surface area contributed by atoms with Crippen LogP contribution in [-0.4, -0.2) is 46.8 Å². The predicted molar refractivity (Wildman–Crippen MR) is 103 cm³/mol. The van der Waals surface area contributed by atoms with E-state index in [4.69, 9.17) is 23.7 Å². The third-order valence-corrected chi connectivity index (χ3v) is 4.14. The minimum atomic E-state index is -0.468. The molecule has 0 aromatic heterocycles. The van der Waals surface area contributed by atoms with Crippen LogP contribution in [0.3, 0.4) is 0 Å². The van der Waals surface area contributed by atoms with Gasteiger partial charge in [0, 0.05) is 6.42 Å². The van der Waals surface area contributed by atoms with Crippen LogP contribution < -0.4 is 18.9 Å². The molecule has 0 atom stereocenters. The maximum Gasteiger partial charge on any atom is 0.306 e. The molecule has 7 heteroatoms. The van der Waals surface area contributed by atoms with Gasteiger partial charge in [0.15, 0.2) is 18.1 Å². The Labute approximate surface area is 164 Å². The average molecular weight is 388 g/mol. The monoisotopic (exact) mass is 388 g/mol. The lowest BCUT2D eigenvalue weighted by Gasteiger charge is -2.11. The lowest BCUT2D eigenvalue weighted by molar-refractivity contribution is -0.142. The molecule has 0 N–H and O–H groups in total. The second kappa shape index (κ2) is 10.2. The van der Waals surface area contributed by atoms with E-state index >= 15 is 0 Å². The lowest BCUT2D eigenvalue weighted by atomic mass is 10.1. The third kappa shape index (κ3) is 5.39. The van der Waals surface area contributed by atoms with Crippen molar-refractivity contribution in [1.29, 1.82) is 0 Å². The normalized spacial score (nSPS) is 10.1. The Balaban J connectivity index is 1.91. The van der Waals surface area contributed by atoms with Gasteiger partial charge >= 0.3 is 5.97 Å². The van der Waals surface area contributed by atoms with E-state index in [9.17, 15) is 9.59 Å². The summed E-state index contributed by atoms with van der Waals surface area (Å²) < 4.78 is 25.8. The van der Waals surface area contributed by atoms with E-state index in [1.807, 2.05) is 6.07 Å². The fourth-order valence-electron chi connectivity index (χ4n) is 2.61. The number of hydrogen-bond acceptors (Lipinski definition) is 7. The van der Waals surface area contributed by atoms with Crippen molar-refractivity contribution in [2.45, 2.75) is 12.8 Å². The zero-order valence-corrected chi connectivity index (χ0v) is 16.4. The number of rotatable bonds is 10. The zero-order chi connectivity index (χ0) is 20.5. The number of Topliss-reactive ketones (excluding diaryl/α,β-unsaturated/α-hetero) is 1. The molecule has 0 spiro atoms. The number of carbonyl (C=O) groups excluding carboxylic acids is 2. The molecular formula is C21H24O7. The van der Waals surface area contributed by atoms with Gasteiger partial charge in [-0.25, -0.2) is 0 Å². The quantitative estimate of drug-likeness (QED) is 0.457. The smallest absolute Gasteiger partial charge is 0.306 e. The molecule has 0 saturated carbocycles. The van der Waals surface area contributed by atoms with E-state index in [-0.39, 0.29) is 18.8 Å². The summed E-state index contributed by atoms with van der Waals surface area (Å²) in [7, 11) is 6.08. The van der Waals surface area contributed by atoms with Crippen LogP contribution in [0, 0.1) is 0 Å². The van der Waals surface area contributed by atoms with Crippen molar-refractivity contribution in [3.8, 4) is 23.0 Å². The third-order valence-electron chi connectivity index (χ3n) is 4.14. The molecule has 0 saturated heterocycles. The number of aryl methyl sites for hydroxylation is 1. The van der Waals surface area contributed by atoms with Crippen LogP contribution in [0.2, 0.25) is 0 Å². The van der Waals surface area contributed by atoms with Gasteiger partial charge in [0.05, 0.1) is 34.0 Å². The Morgan fingerprint density at radius 1 is 0.786 bits per heavy atom. The number of ether oxygens (including phenoxy) is 5. The topological polar surface area (TPSA) is 80.3 Å². The first-order valence-electron chi connectivity index (χ1n) is 8.64. The number of carbonyl (C=O) groups is 2. The standard InChI is InChI=1S/C21H24O7/c1-24-15-7-9-18(25-2)16(12-15)17(22)13-28-21(23)10-6-14-5-8-19(26-3)20(11-14)27-4/h5,7-9,11-12H,6,10,13H2,1-4H3. The number of esters is 1. The van der Waals surface area contributed by atoms with Crippen LogP contribution in [-0.2, 0) is 16.0 Å². The van der Waals surface area contributed by atoms with Crippen molar-refractivity contribution in [3.63, 3.8) is 0 Å². The van der Waals surface area contributed by atoms with Crippen molar-refractivity contribution in [2.75, 3.05) is 35.0 Å². The largest absolute Gasteiger partial charge is 0.497 e. The molecule has 150 valence electrons. The van der Waals surface area contributed by atoms with E-state index in [0.717, 1.165) is 5.56 Å². The summed E-state index contributed by atoms with van der Waals surface area (Å²) in [5, 5.41) is 0. The van der Waals surface area contributed by atoms with Crippen LogP contribution in [0.5, 0.6) is 23.0 Å². The summed E-state index contributed by atoms with van der Waals surface area (Å²) in [6.07, 6.45) is 0.591. The van der Waals surface area contributed by atoms with Crippen molar-refractivity contribution < 1.29 is 33.3 Å². The molecule has 0 amide bonds. The van der Waals surface area contributed by atoms with Gasteiger partial charge in [-0.05, 0) is 42.3 Å². The molecule has 2 aromatic carbocycles. The summed E-state index contributed by atoms with van der Waals surface area (Å²) in [5.41, 5.74) is 1.20. The first-order chi connectivity index (χ1) is 13.5. The van der Waals surface area contributed by atoms with E-state index in [1.165, 1.54) is 14.2 Å². The molecule has 28 heavy (non-hydrogen) atoms. The van der Waals surface area contributed by atoms with Gasteiger partial charge < -0.3 is 23.7 Å². The van der Waals surface area contributed by atoms with E-state index in [2.05, 4.69) is 0 Å². The molecule has 2 rings (SSSR count). The number of hydrogen-bond donors (Lipinski definition) is 0. The Kier molecular flexibility index (Phi) is 7.68. The second-order valence-corrected chi connectivity index (χ2v) is 5.84. The van der Waals surface area contributed by atoms with Crippen molar-refractivity contribution in [2.24, 2.45) is 0 Å². The minimum Gasteiger partial charge on any atom is -0.497 e. The van der Waals surface area contributed by atoms with Gasteiger partial charge in [0.25, 0.3) is 0 Å². The highest BCUT2D eigenvalue weighted by Gasteiger charge is 2.16. The Hall–Kier alpha value is -3.22. The molecule has 0 heterocycles. The maximum atomic E-state index is 12.4. The van der Waals surface area contributed by atoms with E-state index in [0.29, 0.717) is 35.0 Å². The first-order valence-corrected chi connectivity index (χ1v) is 8.64. The summed E-state index contributed by atoms with van der Waals surface area (Å²) in [6.45, 7) is -0.367. The van der Waals surface area contributed by atoms with Gasteiger partial charge in [-0.3, -0.25) is 9.59 Å². The molecule has 2 aromatic rings. The molecule has 0 bridgehead atoms. The summed E-state index contributed by atoms with van der Waals surface area (Å²) in [5.74, 6) is 1.29. The Morgan fingerprint density at radius 2 is 1.46 bits per heavy atom. The predicted octanol–water partition coefficient (Wildman–Crippen LogP) is 3.08. The average Bonchev–Trinajstić information content (AvgIpc) is 2.75. The fourth-order valence-corrected chi connectivity index (χ4v) is 2.61. The molecule has 0 aliphatic rings. The number of methoxy groups -OCH3 is 4. The Morgan fingerprint density at radius 3 is 2.11 bits per heavy atom. The Bertz CT molecular complexity index is 829. The summed E-state index contributed by atoms with van der Waals surface area (Å²) in [6, 6.07) is 10.3. The van der Waals surface area contributed by atoms with Crippen molar-refractivity contribution >= 4 is 11.8 Å². The van der Waals surface area contributed by atoms with Crippen LogP contribution >= 0.6 is 0 Å². The van der Waals surface area contributed by atoms with Gasteiger partial charge in [0.2, 0.25) is 5.78 Å². The van der Waals surface area contributed by atoms with Gasteiger partial charge in [-0.1, -0.05) is 6.07 Å². The highest BCUT2D eigenvalue weighted by Crippen LogP contribution is 2.28. The number of ketones is 1. The number of benzene rings is 2.